The second kappa shape index (κ2) is 8.57. The van der Waals surface area contributed by atoms with E-state index < -0.39 is 17.3 Å². The number of phenolic OH excluding ortho intramolecular Hbond substituents is 1. The SMILES string of the molecule is C=CC1=CCC2C(=O)N(c3cccc(Cl)c3)C(=O)C2(c2ccccc2)C1c1cc(Br)ccc1O. The summed E-state index contributed by atoms with van der Waals surface area (Å²) >= 11 is 9.72. The summed E-state index contributed by atoms with van der Waals surface area (Å²) in [6.45, 7) is 4.00. The molecule has 170 valence electrons. The molecule has 2 aliphatic rings. The number of halogens is 2. The summed E-state index contributed by atoms with van der Waals surface area (Å²) in [5.74, 6) is -1.85. The van der Waals surface area contributed by atoms with E-state index in [2.05, 4.69) is 22.5 Å². The third-order valence-electron chi connectivity index (χ3n) is 6.86. The van der Waals surface area contributed by atoms with Crippen LogP contribution in [0.5, 0.6) is 5.75 Å². The van der Waals surface area contributed by atoms with E-state index in [4.69, 9.17) is 11.6 Å². The maximum Gasteiger partial charge on any atom is 0.246 e. The fraction of sp³-hybridized carbons (Fsp3) is 0.143. The number of anilines is 1. The predicted octanol–water partition coefficient (Wildman–Crippen LogP) is 6.54. The molecule has 0 saturated carbocycles. The molecule has 1 aliphatic carbocycles. The number of hydrogen-bond acceptors (Lipinski definition) is 3. The Labute approximate surface area is 211 Å². The fourth-order valence-corrected chi connectivity index (χ4v) is 6.04. The lowest BCUT2D eigenvalue weighted by atomic mass is 9.56. The maximum absolute atomic E-state index is 14.5. The average Bonchev–Trinajstić information content (AvgIpc) is 3.07. The van der Waals surface area contributed by atoms with Crippen molar-refractivity contribution in [2.24, 2.45) is 5.92 Å². The number of rotatable bonds is 4. The van der Waals surface area contributed by atoms with Crippen molar-refractivity contribution in [2.45, 2.75) is 17.8 Å². The van der Waals surface area contributed by atoms with Gasteiger partial charge in [-0.15, -0.1) is 0 Å². The molecule has 0 aromatic heterocycles. The van der Waals surface area contributed by atoms with Gasteiger partial charge in [0.1, 0.15) is 5.75 Å². The minimum absolute atomic E-state index is 0.0540. The van der Waals surface area contributed by atoms with Gasteiger partial charge in [0.15, 0.2) is 0 Å². The van der Waals surface area contributed by atoms with Crippen LogP contribution in [-0.4, -0.2) is 16.9 Å². The van der Waals surface area contributed by atoms with Crippen LogP contribution in [0.3, 0.4) is 0 Å². The van der Waals surface area contributed by atoms with E-state index in [1.165, 1.54) is 4.90 Å². The zero-order chi connectivity index (χ0) is 24.0. The average molecular weight is 535 g/mol. The minimum atomic E-state index is -1.27. The smallest absolute Gasteiger partial charge is 0.246 e. The molecule has 4 nitrogen and oxygen atoms in total. The van der Waals surface area contributed by atoms with Crippen LogP contribution in [0.15, 0.2) is 102 Å². The Kier molecular flexibility index (Phi) is 5.70. The van der Waals surface area contributed by atoms with E-state index in [0.717, 1.165) is 15.6 Å². The van der Waals surface area contributed by atoms with E-state index in [-0.39, 0.29) is 17.6 Å². The van der Waals surface area contributed by atoms with Gasteiger partial charge in [0.05, 0.1) is 17.0 Å². The van der Waals surface area contributed by atoms with E-state index in [0.29, 0.717) is 22.7 Å². The molecule has 1 saturated heterocycles. The molecular weight excluding hydrogens is 514 g/mol. The third kappa shape index (κ3) is 3.26. The molecule has 0 spiro atoms. The number of carbonyl (C=O) groups excluding carboxylic acids is 2. The number of phenols is 1. The molecule has 3 unspecified atom stereocenters. The summed E-state index contributed by atoms with van der Waals surface area (Å²) in [6, 6.07) is 21.3. The highest BCUT2D eigenvalue weighted by molar-refractivity contribution is 9.10. The van der Waals surface area contributed by atoms with Gasteiger partial charge in [-0.25, -0.2) is 4.90 Å². The highest BCUT2D eigenvalue weighted by atomic mass is 79.9. The Morgan fingerprint density at radius 1 is 1.06 bits per heavy atom. The van der Waals surface area contributed by atoms with Crippen molar-refractivity contribution in [3.05, 3.63) is 118 Å². The van der Waals surface area contributed by atoms with Crippen molar-refractivity contribution in [1.82, 2.24) is 0 Å². The molecule has 1 N–H and O–H groups in total. The van der Waals surface area contributed by atoms with Crippen LogP contribution >= 0.6 is 27.5 Å². The van der Waals surface area contributed by atoms with Gasteiger partial charge in [-0.2, -0.15) is 0 Å². The summed E-state index contributed by atoms with van der Waals surface area (Å²) in [4.78, 5) is 29.7. The molecule has 1 fully saturated rings. The predicted molar refractivity (Wildman–Crippen MR) is 137 cm³/mol. The first-order valence-electron chi connectivity index (χ1n) is 10.9. The molecule has 6 heteroatoms. The number of hydrogen-bond donors (Lipinski definition) is 1. The van der Waals surface area contributed by atoms with Gasteiger partial charge in [-0.3, -0.25) is 9.59 Å². The van der Waals surface area contributed by atoms with Crippen LogP contribution < -0.4 is 4.90 Å². The number of benzene rings is 3. The van der Waals surface area contributed by atoms with Gasteiger partial charge >= 0.3 is 0 Å². The molecule has 34 heavy (non-hydrogen) atoms. The van der Waals surface area contributed by atoms with Crippen molar-refractivity contribution >= 4 is 45.0 Å². The van der Waals surface area contributed by atoms with E-state index >= 15 is 0 Å². The number of carbonyl (C=O) groups is 2. The number of aromatic hydroxyl groups is 1. The van der Waals surface area contributed by atoms with Crippen molar-refractivity contribution < 1.29 is 14.7 Å². The number of amides is 2. The molecule has 1 aliphatic heterocycles. The summed E-state index contributed by atoms with van der Waals surface area (Å²) in [5, 5.41) is 11.4. The van der Waals surface area contributed by atoms with Crippen LogP contribution in [-0.2, 0) is 15.0 Å². The van der Waals surface area contributed by atoms with Crippen molar-refractivity contribution in [1.29, 1.82) is 0 Å². The Balaban J connectivity index is 1.84. The van der Waals surface area contributed by atoms with E-state index in [9.17, 15) is 14.7 Å². The highest BCUT2D eigenvalue weighted by Gasteiger charge is 2.66. The molecule has 3 aromatic carbocycles. The van der Waals surface area contributed by atoms with Crippen LogP contribution in [0, 0.1) is 5.92 Å². The summed E-state index contributed by atoms with van der Waals surface area (Å²) in [5.41, 5.74) is 1.24. The Morgan fingerprint density at radius 2 is 1.82 bits per heavy atom. The van der Waals surface area contributed by atoms with E-state index in [1.807, 2.05) is 42.5 Å². The second-order valence-electron chi connectivity index (χ2n) is 8.53. The standard InChI is InChI=1S/C28H21BrClNO3/c1-2-17-11-13-23-26(33)31(21-10-6-9-20(30)16-21)27(34)28(23,18-7-4-3-5-8-18)25(17)22-15-19(29)12-14-24(22)32/h2-12,14-16,23,25,32H,1,13H2. The lowest BCUT2D eigenvalue weighted by Gasteiger charge is -2.43. The maximum atomic E-state index is 14.5. The number of imide groups is 1. The van der Waals surface area contributed by atoms with E-state index in [1.54, 1.807) is 42.5 Å². The Bertz CT molecular complexity index is 1350. The molecule has 0 radical (unpaired) electrons. The Morgan fingerprint density at radius 3 is 2.53 bits per heavy atom. The normalized spacial score (nSPS) is 24.1. The van der Waals surface area contributed by atoms with Gasteiger partial charge in [0, 0.05) is 21.0 Å². The van der Waals surface area contributed by atoms with Crippen molar-refractivity contribution in [2.75, 3.05) is 4.90 Å². The lowest BCUT2D eigenvalue weighted by molar-refractivity contribution is -0.123. The van der Waals surface area contributed by atoms with Gasteiger partial charge < -0.3 is 5.11 Å². The fourth-order valence-electron chi connectivity index (χ4n) is 5.48. The number of fused-ring (bicyclic) bond motifs is 1. The molecule has 0 bridgehead atoms. The van der Waals surface area contributed by atoms with Gasteiger partial charge in [-0.05, 0) is 54.0 Å². The summed E-state index contributed by atoms with van der Waals surface area (Å²) < 4.78 is 0.762. The largest absolute Gasteiger partial charge is 0.508 e. The molecule has 3 aromatic rings. The first-order valence-corrected chi connectivity index (χ1v) is 12.1. The summed E-state index contributed by atoms with van der Waals surface area (Å²) in [7, 11) is 0. The van der Waals surface area contributed by atoms with Crippen LogP contribution in [0.25, 0.3) is 0 Å². The topological polar surface area (TPSA) is 57.6 Å². The molecule has 5 rings (SSSR count). The lowest BCUT2D eigenvalue weighted by Crippen LogP contribution is -2.48. The van der Waals surface area contributed by atoms with Crippen molar-refractivity contribution in [3.63, 3.8) is 0 Å². The zero-order valence-electron chi connectivity index (χ0n) is 18.1. The molecule has 1 heterocycles. The Hall–Kier alpha value is -3.15. The third-order valence-corrected chi connectivity index (χ3v) is 7.59. The van der Waals surface area contributed by atoms with Gasteiger partial charge in [0.2, 0.25) is 11.8 Å². The molecular formula is C28H21BrClNO3. The van der Waals surface area contributed by atoms with Crippen LogP contribution in [0.4, 0.5) is 5.69 Å². The zero-order valence-corrected chi connectivity index (χ0v) is 20.5. The second-order valence-corrected chi connectivity index (χ2v) is 9.88. The first kappa shape index (κ1) is 22.6. The van der Waals surface area contributed by atoms with Crippen LogP contribution in [0.2, 0.25) is 5.02 Å². The monoisotopic (exact) mass is 533 g/mol. The summed E-state index contributed by atoms with van der Waals surface area (Å²) in [6.07, 6.45) is 4.05. The molecule has 3 atom stereocenters. The molecule has 2 amide bonds. The van der Waals surface area contributed by atoms with Gasteiger partial charge in [-0.1, -0.05) is 82.7 Å². The number of nitrogens with zero attached hydrogens (tertiary/aromatic N) is 1. The minimum Gasteiger partial charge on any atom is -0.508 e. The number of allylic oxidation sites excluding steroid dienone is 3. The van der Waals surface area contributed by atoms with Gasteiger partial charge in [0.25, 0.3) is 0 Å². The van der Waals surface area contributed by atoms with Crippen LogP contribution in [0.1, 0.15) is 23.5 Å². The van der Waals surface area contributed by atoms with Crippen molar-refractivity contribution in [3.8, 4) is 5.75 Å². The first-order chi connectivity index (χ1) is 16.4. The quantitative estimate of drug-likeness (QED) is 0.387. The highest BCUT2D eigenvalue weighted by Crippen LogP contribution is 2.59.